The van der Waals surface area contributed by atoms with Crippen molar-refractivity contribution in [1.29, 1.82) is 0 Å². The van der Waals surface area contributed by atoms with Crippen LogP contribution in [0.4, 0.5) is 0 Å². The van der Waals surface area contributed by atoms with Crippen LogP contribution in [0.25, 0.3) is 11.3 Å². The van der Waals surface area contributed by atoms with Gasteiger partial charge in [-0.05, 0) is 92.1 Å². The van der Waals surface area contributed by atoms with E-state index in [1.54, 1.807) is 0 Å². The van der Waals surface area contributed by atoms with Crippen molar-refractivity contribution in [3.05, 3.63) is 124 Å². The van der Waals surface area contributed by atoms with Gasteiger partial charge in [-0.2, -0.15) is 0 Å². The van der Waals surface area contributed by atoms with E-state index in [0.29, 0.717) is 18.2 Å². The van der Waals surface area contributed by atoms with E-state index in [9.17, 15) is 0 Å². The standard InChI is InChI=1S/C46H56N4/c1-29-15-18-31(19-16-29)38-24-17-30(27-48-38)28-49-40(33-21-23-35-37(26-33)44(8,9)46(12,13)42(35,4)5)50-39(47-14)32-20-22-34-36(25-32)43(6,7)45(10,11)41(34,2)3/h15-27H,14,28H2,1-13H3/b49-40-,50-39-. The second-order valence-electron chi connectivity index (χ2n) is 17.9. The van der Waals surface area contributed by atoms with Crippen molar-refractivity contribution in [3.63, 3.8) is 0 Å². The zero-order valence-corrected chi connectivity index (χ0v) is 32.7. The summed E-state index contributed by atoms with van der Waals surface area (Å²) < 4.78 is 0. The first-order chi connectivity index (χ1) is 23.2. The van der Waals surface area contributed by atoms with Crippen molar-refractivity contribution in [3.8, 4) is 11.3 Å². The second kappa shape index (κ2) is 11.7. The molecule has 1 aromatic heterocycles. The van der Waals surface area contributed by atoms with E-state index in [2.05, 4.69) is 175 Å². The molecule has 6 rings (SSSR count). The Hall–Kier alpha value is -4.18. The van der Waals surface area contributed by atoms with Crippen molar-refractivity contribution < 1.29 is 0 Å². The number of benzene rings is 3. The minimum Gasteiger partial charge on any atom is -0.261 e. The van der Waals surface area contributed by atoms with E-state index in [4.69, 9.17) is 15.0 Å². The number of pyridine rings is 1. The SMILES string of the molecule is C=N/C(=N\C(=N/Cc1ccc(-c2ccc(C)cc2)nc1)c1ccc2c(c1)C(C)(C)C(C)(C)C2(C)C)c1ccc2c(c1)C(C)(C)C(C)(C)C2(C)C. The molecule has 4 aromatic rings. The third kappa shape index (κ3) is 5.16. The molecule has 4 nitrogen and oxygen atoms in total. The third-order valence-corrected chi connectivity index (χ3v) is 14.4. The van der Waals surface area contributed by atoms with Crippen LogP contribution < -0.4 is 0 Å². The number of aromatic nitrogens is 1. The van der Waals surface area contributed by atoms with Crippen molar-refractivity contribution in [2.45, 2.75) is 118 Å². The van der Waals surface area contributed by atoms with Crippen LogP contribution in [0, 0.1) is 17.8 Å². The molecule has 2 aliphatic rings. The number of fused-ring (bicyclic) bond motifs is 2. The number of rotatable bonds is 5. The van der Waals surface area contributed by atoms with Gasteiger partial charge in [-0.25, -0.2) is 9.98 Å². The molecule has 260 valence electrons. The molecule has 4 heteroatoms. The lowest BCUT2D eigenvalue weighted by Crippen LogP contribution is -2.42. The van der Waals surface area contributed by atoms with E-state index in [1.165, 1.54) is 27.8 Å². The zero-order chi connectivity index (χ0) is 36.7. The van der Waals surface area contributed by atoms with Crippen LogP contribution in [0.1, 0.15) is 128 Å². The lowest BCUT2D eigenvalue weighted by molar-refractivity contribution is 0.125. The molecule has 0 amide bonds. The smallest absolute Gasteiger partial charge is 0.161 e. The van der Waals surface area contributed by atoms with Crippen LogP contribution in [0.2, 0.25) is 0 Å². The maximum absolute atomic E-state index is 5.23. The minimum absolute atomic E-state index is 0.0163. The Labute approximate surface area is 301 Å². The summed E-state index contributed by atoms with van der Waals surface area (Å²) in [5.74, 6) is 1.23. The van der Waals surface area contributed by atoms with Crippen LogP contribution >= 0.6 is 0 Å². The van der Waals surface area contributed by atoms with Crippen LogP contribution in [-0.2, 0) is 28.2 Å². The first-order valence-electron chi connectivity index (χ1n) is 18.1. The summed E-state index contributed by atoms with van der Waals surface area (Å²) in [6.45, 7) is 35.1. The van der Waals surface area contributed by atoms with Crippen LogP contribution in [0.3, 0.4) is 0 Å². The molecule has 2 aliphatic carbocycles. The summed E-state index contributed by atoms with van der Waals surface area (Å²) in [5.41, 5.74) is 11.8. The minimum atomic E-state index is -0.0446. The average molecular weight is 665 g/mol. The van der Waals surface area contributed by atoms with Gasteiger partial charge in [0.1, 0.15) is 0 Å². The fourth-order valence-electron chi connectivity index (χ4n) is 8.46. The molecule has 0 radical (unpaired) electrons. The third-order valence-electron chi connectivity index (χ3n) is 14.4. The van der Waals surface area contributed by atoms with Gasteiger partial charge in [-0.3, -0.25) is 9.98 Å². The van der Waals surface area contributed by atoms with Crippen molar-refractivity contribution in [1.82, 2.24) is 4.98 Å². The number of amidine groups is 2. The largest absolute Gasteiger partial charge is 0.261 e. The molecule has 3 aromatic carbocycles. The summed E-state index contributed by atoms with van der Waals surface area (Å²) in [7, 11) is 0. The summed E-state index contributed by atoms with van der Waals surface area (Å²) in [6, 6.07) is 26.2. The van der Waals surface area contributed by atoms with E-state index < -0.39 is 0 Å². The van der Waals surface area contributed by atoms with Gasteiger partial charge in [0.15, 0.2) is 11.7 Å². The Balaban J connectivity index is 1.45. The maximum atomic E-state index is 5.23. The highest BCUT2D eigenvalue weighted by molar-refractivity contribution is 6.13. The van der Waals surface area contributed by atoms with Crippen molar-refractivity contribution >= 4 is 18.4 Å². The highest BCUT2D eigenvalue weighted by Crippen LogP contribution is 2.62. The molecule has 0 aliphatic heterocycles. The molecule has 0 spiro atoms. The number of hydrogen-bond donors (Lipinski definition) is 0. The van der Waals surface area contributed by atoms with Crippen LogP contribution in [0.15, 0.2) is 94.0 Å². The van der Waals surface area contributed by atoms with E-state index >= 15 is 0 Å². The van der Waals surface area contributed by atoms with E-state index in [-0.39, 0.29) is 32.5 Å². The second-order valence-corrected chi connectivity index (χ2v) is 17.9. The monoisotopic (exact) mass is 664 g/mol. The lowest BCUT2D eigenvalue weighted by atomic mass is 9.59. The molecule has 0 atom stereocenters. The lowest BCUT2D eigenvalue weighted by Gasteiger charge is -2.44. The van der Waals surface area contributed by atoms with Gasteiger partial charge in [-0.1, -0.05) is 143 Å². The van der Waals surface area contributed by atoms with E-state index in [1.807, 2.05) is 6.20 Å². The normalized spacial score (nSPS) is 20.7. The highest BCUT2D eigenvalue weighted by Gasteiger charge is 2.57. The fourth-order valence-corrected chi connectivity index (χ4v) is 8.46. The zero-order valence-electron chi connectivity index (χ0n) is 32.7. The number of aliphatic imine (C=N–C) groups is 3. The first-order valence-corrected chi connectivity index (χ1v) is 18.1. The Kier molecular flexibility index (Phi) is 8.33. The van der Waals surface area contributed by atoms with Gasteiger partial charge >= 0.3 is 0 Å². The molecule has 0 fully saturated rings. The molecule has 0 saturated carbocycles. The molecule has 1 heterocycles. The van der Waals surface area contributed by atoms with Gasteiger partial charge in [-0.15, -0.1) is 0 Å². The van der Waals surface area contributed by atoms with Gasteiger partial charge in [0, 0.05) is 22.9 Å². The quantitative estimate of drug-likeness (QED) is 0.155. The summed E-state index contributed by atoms with van der Waals surface area (Å²) >= 11 is 0. The fraction of sp³-hybridized carbons (Fsp3) is 0.435. The molecule has 0 N–H and O–H groups in total. The Bertz CT molecular complexity index is 2030. The van der Waals surface area contributed by atoms with Crippen LogP contribution in [0.5, 0.6) is 0 Å². The van der Waals surface area contributed by atoms with Crippen molar-refractivity contribution in [2.75, 3.05) is 0 Å². The Morgan fingerprint density at radius 3 is 1.52 bits per heavy atom. The van der Waals surface area contributed by atoms with E-state index in [0.717, 1.165) is 27.9 Å². The van der Waals surface area contributed by atoms with Gasteiger partial charge < -0.3 is 0 Å². The number of hydrogen-bond acceptors (Lipinski definition) is 2. The summed E-state index contributed by atoms with van der Waals surface area (Å²) in [5, 5.41) is 0. The molecular formula is C46H56N4. The molecule has 0 unspecified atom stereocenters. The maximum Gasteiger partial charge on any atom is 0.161 e. The summed E-state index contributed by atoms with van der Waals surface area (Å²) in [6.07, 6.45) is 1.93. The van der Waals surface area contributed by atoms with Gasteiger partial charge in [0.25, 0.3) is 0 Å². The van der Waals surface area contributed by atoms with Gasteiger partial charge in [0.05, 0.1) is 12.2 Å². The van der Waals surface area contributed by atoms with Gasteiger partial charge in [0.2, 0.25) is 0 Å². The number of nitrogens with zero attached hydrogens (tertiary/aromatic N) is 4. The highest BCUT2D eigenvalue weighted by atomic mass is 15.0. The Morgan fingerprint density at radius 1 is 0.580 bits per heavy atom. The molecule has 50 heavy (non-hydrogen) atoms. The van der Waals surface area contributed by atoms with Crippen molar-refractivity contribution in [2.24, 2.45) is 25.8 Å². The average Bonchev–Trinajstić information content (AvgIpc) is 3.25. The molecule has 0 bridgehead atoms. The topological polar surface area (TPSA) is 50.0 Å². The summed E-state index contributed by atoms with van der Waals surface area (Å²) in [4.78, 5) is 19.7. The number of aryl methyl sites for hydroxylation is 1. The predicted molar refractivity (Wildman–Crippen MR) is 213 cm³/mol. The molecule has 0 saturated heterocycles. The first kappa shape index (κ1) is 35.6. The predicted octanol–water partition coefficient (Wildman–Crippen LogP) is 11.3. The molecular weight excluding hydrogens is 609 g/mol. The Morgan fingerprint density at radius 2 is 1.06 bits per heavy atom. The van der Waals surface area contributed by atoms with Crippen LogP contribution in [-0.4, -0.2) is 23.4 Å².